The molecule has 1 saturated heterocycles. The van der Waals surface area contributed by atoms with Crippen molar-refractivity contribution in [1.29, 1.82) is 0 Å². The molecule has 112 valence electrons. The lowest BCUT2D eigenvalue weighted by Gasteiger charge is -2.27. The maximum absolute atomic E-state index is 12.0. The summed E-state index contributed by atoms with van der Waals surface area (Å²) < 4.78 is 6.78. The van der Waals surface area contributed by atoms with E-state index < -0.39 is 5.60 Å². The lowest BCUT2D eigenvalue weighted by Crippen LogP contribution is -2.30. The van der Waals surface area contributed by atoms with Crippen LogP contribution in [0.1, 0.15) is 52.1 Å². The molecule has 5 heteroatoms. The van der Waals surface area contributed by atoms with E-state index in [1.54, 1.807) is 12.5 Å². The van der Waals surface area contributed by atoms with E-state index in [0.29, 0.717) is 11.8 Å². The Hall–Kier alpha value is -1.36. The number of ether oxygens (including phenoxy) is 1. The van der Waals surface area contributed by atoms with Crippen LogP contribution < -0.4 is 5.32 Å². The van der Waals surface area contributed by atoms with Crippen molar-refractivity contribution in [2.24, 2.45) is 5.92 Å². The van der Waals surface area contributed by atoms with Gasteiger partial charge < -0.3 is 10.1 Å². The van der Waals surface area contributed by atoms with Gasteiger partial charge in [0.1, 0.15) is 11.9 Å². The molecule has 0 aromatic carbocycles. The van der Waals surface area contributed by atoms with Gasteiger partial charge in [-0.1, -0.05) is 6.92 Å². The SMILES string of the molecule is CC(c1cn(C(=O)OC(C)(C)C)cn1)C1CCNCC1. The van der Waals surface area contributed by atoms with Gasteiger partial charge >= 0.3 is 6.09 Å². The molecule has 1 unspecified atom stereocenters. The van der Waals surface area contributed by atoms with E-state index in [4.69, 9.17) is 4.74 Å². The summed E-state index contributed by atoms with van der Waals surface area (Å²) in [6.45, 7) is 9.92. The lowest BCUT2D eigenvalue weighted by molar-refractivity contribution is 0.0536. The van der Waals surface area contributed by atoms with Crippen LogP contribution in [0.15, 0.2) is 12.5 Å². The van der Waals surface area contributed by atoms with Crippen LogP contribution in [0.4, 0.5) is 4.79 Å². The quantitative estimate of drug-likeness (QED) is 0.904. The van der Waals surface area contributed by atoms with Gasteiger partial charge in [0, 0.05) is 12.1 Å². The van der Waals surface area contributed by atoms with Gasteiger partial charge in [0.05, 0.1) is 5.69 Å². The minimum atomic E-state index is -0.484. The number of hydrogen-bond donors (Lipinski definition) is 1. The largest absolute Gasteiger partial charge is 0.443 e. The molecule has 0 amide bonds. The second-order valence-electron chi connectivity index (χ2n) is 6.56. The maximum atomic E-state index is 12.0. The van der Waals surface area contributed by atoms with E-state index in [1.807, 2.05) is 20.8 Å². The van der Waals surface area contributed by atoms with Crippen LogP contribution in [0.3, 0.4) is 0 Å². The Balaban J connectivity index is 2.02. The van der Waals surface area contributed by atoms with Crippen molar-refractivity contribution in [3.63, 3.8) is 0 Å². The van der Waals surface area contributed by atoms with Crippen LogP contribution >= 0.6 is 0 Å². The first kappa shape index (κ1) is 15.0. The third kappa shape index (κ3) is 3.82. The second kappa shape index (κ2) is 5.95. The Morgan fingerprint density at radius 1 is 1.45 bits per heavy atom. The molecule has 1 aliphatic rings. The molecule has 1 aromatic rings. The van der Waals surface area contributed by atoms with Gasteiger partial charge in [-0.3, -0.25) is 0 Å². The highest BCUT2D eigenvalue weighted by Crippen LogP contribution is 2.29. The van der Waals surface area contributed by atoms with Gasteiger partial charge in [-0.15, -0.1) is 0 Å². The summed E-state index contributed by atoms with van der Waals surface area (Å²) in [5.74, 6) is 1.01. The second-order valence-corrected chi connectivity index (χ2v) is 6.56. The fourth-order valence-electron chi connectivity index (χ4n) is 2.57. The Morgan fingerprint density at radius 2 is 2.10 bits per heavy atom. The number of carbonyl (C=O) groups is 1. The summed E-state index contributed by atoms with van der Waals surface area (Å²) in [4.78, 5) is 16.3. The molecule has 1 N–H and O–H groups in total. The van der Waals surface area contributed by atoms with Crippen LogP contribution in [0, 0.1) is 5.92 Å². The molecule has 0 spiro atoms. The smallest absolute Gasteiger partial charge is 0.419 e. The molecule has 5 nitrogen and oxygen atoms in total. The monoisotopic (exact) mass is 279 g/mol. The zero-order chi connectivity index (χ0) is 14.8. The number of aromatic nitrogens is 2. The Morgan fingerprint density at radius 3 is 2.70 bits per heavy atom. The maximum Gasteiger partial charge on any atom is 0.419 e. The van der Waals surface area contributed by atoms with Crippen molar-refractivity contribution in [3.8, 4) is 0 Å². The Bertz CT molecular complexity index is 456. The molecule has 0 bridgehead atoms. The van der Waals surface area contributed by atoms with Crippen molar-refractivity contribution in [3.05, 3.63) is 18.2 Å². The van der Waals surface area contributed by atoms with Crippen molar-refractivity contribution >= 4 is 6.09 Å². The molecule has 2 rings (SSSR count). The standard InChI is InChI=1S/C15H25N3O2/c1-11(12-5-7-16-8-6-12)13-9-18(10-17-13)14(19)20-15(2,3)4/h9-12,16H,5-8H2,1-4H3. The van der Waals surface area contributed by atoms with Crippen molar-refractivity contribution in [2.45, 2.75) is 52.1 Å². The Labute approximate surface area is 120 Å². The molecule has 0 saturated carbocycles. The first-order chi connectivity index (χ1) is 9.37. The Kier molecular flexibility index (Phi) is 4.48. The van der Waals surface area contributed by atoms with Gasteiger partial charge in [-0.05, 0) is 52.6 Å². The van der Waals surface area contributed by atoms with E-state index in [-0.39, 0.29) is 6.09 Å². The third-order valence-corrected chi connectivity index (χ3v) is 3.76. The summed E-state index contributed by atoms with van der Waals surface area (Å²) in [6, 6.07) is 0. The van der Waals surface area contributed by atoms with Crippen molar-refractivity contribution in [1.82, 2.24) is 14.9 Å². The minimum Gasteiger partial charge on any atom is -0.443 e. The highest BCUT2D eigenvalue weighted by atomic mass is 16.6. The number of rotatable bonds is 2. The van der Waals surface area contributed by atoms with Gasteiger partial charge in [0.25, 0.3) is 0 Å². The van der Waals surface area contributed by atoms with Crippen LogP contribution in [-0.4, -0.2) is 34.3 Å². The highest BCUT2D eigenvalue weighted by Gasteiger charge is 2.24. The zero-order valence-electron chi connectivity index (χ0n) is 12.8. The van der Waals surface area contributed by atoms with Crippen LogP contribution in [0.2, 0.25) is 0 Å². The molecule has 20 heavy (non-hydrogen) atoms. The molecule has 2 heterocycles. The fraction of sp³-hybridized carbons (Fsp3) is 0.733. The number of nitrogens with one attached hydrogen (secondary N) is 1. The minimum absolute atomic E-state index is 0.367. The topological polar surface area (TPSA) is 56.2 Å². The predicted octanol–water partition coefficient (Wildman–Crippen LogP) is 2.77. The van der Waals surface area contributed by atoms with E-state index >= 15 is 0 Å². The average Bonchev–Trinajstić information content (AvgIpc) is 2.86. The molecular formula is C15H25N3O2. The number of nitrogens with zero attached hydrogens (tertiary/aromatic N) is 2. The average molecular weight is 279 g/mol. The normalized spacial score (nSPS) is 18.8. The van der Waals surface area contributed by atoms with Crippen molar-refractivity contribution in [2.75, 3.05) is 13.1 Å². The first-order valence-electron chi connectivity index (χ1n) is 7.35. The molecule has 1 aliphatic heterocycles. The molecule has 1 aromatic heterocycles. The summed E-state index contributed by atoms with van der Waals surface area (Å²) >= 11 is 0. The lowest BCUT2D eigenvalue weighted by atomic mass is 9.84. The number of piperidine rings is 1. The zero-order valence-corrected chi connectivity index (χ0v) is 12.8. The highest BCUT2D eigenvalue weighted by molar-refractivity contribution is 5.70. The summed E-state index contributed by atoms with van der Waals surface area (Å²) in [5, 5.41) is 3.37. The van der Waals surface area contributed by atoms with E-state index in [9.17, 15) is 4.79 Å². The predicted molar refractivity (Wildman–Crippen MR) is 77.9 cm³/mol. The molecule has 1 fully saturated rings. The van der Waals surface area contributed by atoms with Crippen LogP contribution in [-0.2, 0) is 4.74 Å². The number of imidazole rings is 1. The first-order valence-corrected chi connectivity index (χ1v) is 7.35. The summed E-state index contributed by atoms with van der Waals surface area (Å²) in [7, 11) is 0. The van der Waals surface area contributed by atoms with Crippen molar-refractivity contribution < 1.29 is 9.53 Å². The van der Waals surface area contributed by atoms with E-state index in [0.717, 1.165) is 18.8 Å². The summed E-state index contributed by atoms with van der Waals surface area (Å²) in [6.07, 6.45) is 5.33. The third-order valence-electron chi connectivity index (χ3n) is 3.76. The number of hydrogen-bond acceptors (Lipinski definition) is 4. The number of carbonyl (C=O) groups excluding carboxylic acids is 1. The van der Waals surface area contributed by atoms with E-state index in [1.165, 1.54) is 17.4 Å². The molecule has 0 radical (unpaired) electrons. The molecule has 1 atom stereocenters. The molecule has 0 aliphatic carbocycles. The molecular weight excluding hydrogens is 254 g/mol. The van der Waals surface area contributed by atoms with E-state index in [2.05, 4.69) is 17.2 Å². The summed E-state index contributed by atoms with van der Waals surface area (Å²) in [5.41, 5.74) is 0.491. The van der Waals surface area contributed by atoms with Crippen LogP contribution in [0.5, 0.6) is 0 Å². The van der Waals surface area contributed by atoms with Crippen LogP contribution in [0.25, 0.3) is 0 Å². The van der Waals surface area contributed by atoms with Gasteiger partial charge in [0.15, 0.2) is 0 Å². The fourth-order valence-corrected chi connectivity index (χ4v) is 2.57. The van der Waals surface area contributed by atoms with Gasteiger partial charge in [0.2, 0.25) is 0 Å². The van der Waals surface area contributed by atoms with Gasteiger partial charge in [-0.25, -0.2) is 14.3 Å². The van der Waals surface area contributed by atoms with Gasteiger partial charge in [-0.2, -0.15) is 0 Å².